The Morgan fingerprint density at radius 2 is 2.22 bits per heavy atom. The van der Waals surface area contributed by atoms with Crippen LogP contribution in [0.1, 0.15) is 6.42 Å². The van der Waals surface area contributed by atoms with E-state index in [4.69, 9.17) is 9.84 Å². The second-order valence-corrected chi connectivity index (χ2v) is 3.75. The molecule has 0 aromatic heterocycles. The molecule has 0 radical (unpaired) electrons. The third-order valence-electron chi connectivity index (χ3n) is 1.13. The molecule has 0 saturated heterocycles. The zero-order valence-corrected chi connectivity index (χ0v) is 7.51. The van der Waals surface area contributed by atoms with Crippen LogP contribution in [-0.2, 0) is 4.74 Å². The van der Waals surface area contributed by atoms with Crippen LogP contribution in [-0.4, -0.2) is 34.4 Å². The molecule has 0 fully saturated rings. The van der Waals surface area contributed by atoms with Gasteiger partial charge in [-0.3, -0.25) is 0 Å². The van der Waals surface area contributed by atoms with Gasteiger partial charge in [0.15, 0.2) is 0 Å². The van der Waals surface area contributed by atoms with Gasteiger partial charge in [0.1, 0.15) is 0 Å². The number of aliphatic hydroxyl groups excluding tert-OH is 1. The first-order valence-corrected chi connectivity index (χ1v) is 6.01. The molecule has 1 N–H and O–H groups in total. The van der Waals surface area contributed by atoms with E-state index in [0.29, 0.717) is 6.61 Å². The van der Waals surface area contributed by atoms with Crippen LogP contribution in [0.4, 0.5) is 0 Å². The Morgan fingerprint density at radius 1 is 1.44 bits per heavy atom. The molecule has 0 aliphatic heterocycles. The predicted octanol–water partition coefficient (Wildman–Crippen LogP) is 0.0206. The lowest BCUT2D eigenvalue weighted by Gasteiger charge is -1.98. The molecule has 9 heavy (non-hydrogen) atoms. The lowest BCUT2D eigenvalue weighted by Crippen LogP contribution is -2.00. The lowest BCUT2D eigenvalue weighted by molar-refractivity contribution is 0.0928. The second kappa shape index (κ2) is 8.14. The van der Waals surface area contributed by atoms with E-state index in [2.05, 4.69) is 6.55 Å². The number of hydrogen-bond donors (Lipinski definition) is 1. The van der Waals surface area contributed by atoms with Gasteiger partial charge in [-0.1, -0.05) is 12.6 Å². The Bertz CT molecular complexity index is 44.3. The zero-order valence-electron chi connectivity index (χ0n) is 6.10. The van der Waals surface area contributed by atoms with Crippen LogP contribution in [0, 0.1) is 0 Å². The third-order valence-corrected chi connectivity index (χ3v) is 2.33. The molecule has 0 aliphatic rings. The SMILES string of the molecule is C[SiH2]CCCOCCO. The molecular weight excluding hydrogens is 132 g/mol. The van der Waals surface area contributed by atoms with E-state index in [-0.39, 0.29) is 16.1 Å². The highest BCUT2D eigenvalue weighted by Crippen LogP contribution is 1.88. The molecule has 0 bridgehead atoms. The molecule has 0 saturated carbocycles. The van der Waals surface area contributed by atoms with Crippen molar-refractivity contribution in [1.82, 2.24) is 0 Å². The van der Waals surface area contributed by atoms with Gasteiger partial charge >= 0.3 is 0 Å². The maximum absolute atomic E-state index is 8.31. The normalized spacial score (nSPS) is 11.3. The molecule has 2 nitrogen and oxygen atoms in total. The van der Waals surface area contributed by atoms with E-state index in [1.54, 1.807) is 0 Å². The fourth-order valence-electron chi connectivity index (χ4n) is 0.621. The summed E-state index contributed by atoms with van der Waals surface area (Å²) in [4.78, 5) is 0. The maximum Gasteiger partial charge on any atom is 0.0697 e. The average molecular weight is 148 g/mol. The second-order valence-electron chi connectivity index (χ2n) is 2.04. The summed E-state index contributed by atoms with van der Waals surface area (Å²) in [6.45, 7) is 3.79. The highest BCUT2D eigenvalue weighted by atomic mass is 28.2. The van der Waals surface area contributed by atoms with E-state index in [9.17, 15) is 0 Å². The van der Waals surface area contributed by atoms with Crippen molar-refractivity contribution in [3.05, 3.63) is 0 Å². The van der Waals surface area contributed by atoms with Crippen LogP contribution in [0.5, 0.6) is 0 Å². The summed E-state index contributed by atoms with van der Waals surface area (Å²) in [5.41, 5.74) is 0. The monoisotopic (exact) mass is 148 g/mol. The standard InChI is InChI=1S/C6H16O2Si/c1-9-6-2-4-8-5-3-7/h7H,2-6,9H2,1H3. The average Bonchev–Trinajstić information content (AvgIpc) is 1.89. The van der Waals surface area contributed by atoms with Crippen LogP contribution < -0.4 is 0 Å². The van der Waals surface area contributed by atoms with Crippen molar-refractivity contribution in [1.29, 1.82) is 0 Å². The first kappa shape index (κ1) is 9.14. The molecule has 0 unspecified atom stereocenters. The van der Waals surface area contributed by atoms with Gasteiger partial charge in [0, 0.05) is 16.1 Å². The summed E-state index contributed by atoms with van der Waals surface area (Å²) in [6.07, 6.45) is 1.18. The molecular formula is C6H16O2Si. The first-order chi connectivity index (χ1) is 4.41. The van der Waals surface area contributed by atoms with Crippen molar-refractivity contribution in [2.75, 3.05) is 19.8 Å². The Kier molecular flexibility index (Phi) is 8.26. The third kappa shape index (κ3) is 8.14. The Morgan fingerprint density at radius 3 is 2.78 bits per heavy atom. The molecule has 3 heteroatoms. The van der Waals surface area contributed by atoms with Crippen LogP contribution in [0.2, 0.25) is 12.6 Å². The quantitative estimate of drug-likeness (QED) is 0.425. The van der Waals surface area contributed by atoms with Crippen molar-refractivity contribution in [3.8, 4) is 0 Å². The van der Waals surface area contributed by atoms with E-state index >= 15 is 0 Å². The van der Waals surface area contributed by atoms with Gasteiger partial charge in [0.2, 0.25) is 0 Å². The summed E-state index contributed by atoms with van der Waals surface area (Å²) >= 11 is 0. The Hall–Kier alpha value is 0.137. The van der Waals surface area contributed by atoms with Gasteiger partial charge in [0.05, 0.1) is 13.2 Å². The number of aliphatic hydroxyl groups is 1. The largest absolute Gasteiger partial charge is 0.394 e. The van der Waals surface area contributed by atoms with E-state index in [1.165, 1.54) is 12.5 Å². The van der Waals surface area contributed by atoms with Crippen LogP contribution in [0.15, 0.2) is 0 Å². The topological polar surface area (TPSA) is 29.5 Å². The molecule has 0 spiro atoms. The minimum atomic E-state index is 0.156. The van der Waals surface area contributed by atoms with Crippen molar-refractivity contribution < 1.29 is 9.84 Å². The van der Waals surface area contributed by atoms with Crippen LogP contribution >= 0.6 is 0 Å². The minimum absolute atomic E-state index is 0.156. The van der Waals surface area contributed by atoms with E-state index in [0.717, 1.165) is 6.61 Å². The minimum Gasteiger partial charge on any atom is -0.394 e. The predicted molar refractivity (Wildman–Crippen MR) is 41.7 cm³/mol. The van der Waals surface area contributed by atoms with Crippen LogP contribution in [0.3, 0.4) is 0 Å². The van der Waals surface area contributed by atoms with Crippen molar-refractivity contribution in [3.63, 3.8) is 0 Å². The van der Waals surface area contributed by atoms with Gasteiger partial charge < -0.3 is 9.84 Å². The van der Waals surface area contributed by atoms with Crippen LogP contribution in [0.25, 0.3) is 0 Å². The fraction of sp³-hybridized carbons (Fsp3) is 1.00. The molecule has 56 valence electrons. The zero-order chi connectivity index (χ0) is 6.95. The smallest absolute Gasteiger partial charge is 0.0697 e. The van der Waals surface area contributed by atoms with Crippen molar-refractivity contribution in [2.24, 2.45) is 0 Å². The number of hydrogen-bond acceptors (Lipinski definition) is 2. The first-order valence-electron chi connectivity index (χ1n) is 3.60. The Labute approximate surface area is 59.0 Å². The van der Waals surface area contributed by atoms with Gasteiger partial charge in [-0.25, -0.2) is 0 Å². The lowest BCUT2D eigenvalue weighted by atomic mass is 10.5. The van der Waals surface area contributed by atoms with E-state index < -0.39 is 0 Å². The van der Waals surface area contributed by atoms with Crippen molar-refractivity contribution in [2.45, 2.75) is 19.0 Å². The molecule has 0 aliphatic carbocycles. The summed E-state index contributed by atoms with van der Waals surface area (Å²) in [5, 5.41) is 8.31. The number of rotatable bonds is 6. The maximum atomic E-state index is 8.31. The summed E-state index contributed by atoms with van der Waals surface area (Å²) < 4.78 is 5.06. The molecule has 0 atom stereocenters. The van der Waals surface area contributed by atoms with E-state index in [1.807, 2.05) is 0 Å². The molecule has 0 amide bonds. The highest BCUT2D eigenvalue weighted by Gasteiger charge is 1.85. The molecule has 0 aromatic rings. The fourth-order valence-corrected chi connectivity index (χ4v) is 1.32. The highest BCUT2D eigenvalue weighted by molar-refractivity contribution is 6.33. The molecule has 0 rings (SSSR count). The summed E-state index contributed by atoms with van der Waals surface area (Å²) in [7, 11) is 0.237. The van der Waals surface area contributed by atoms with Gasteiger partial charge in [-0.05, 0) is 6.42 Å². The molecule has 0 heterocycles. The Balaban J connectivity index is 2.60. The van der Waals surface area contributed by atoms with Gasteiger partial charge in [0.25, 0.3) is 0 Å². The molecule has 0 aromatic carbocycles. The van der Waals surface area contributed by atoms with Gasteiger partial charge in [-0.2, -0.15) is 0 Å². The summed E-state index contributed by atoms with van der Waals surface area (Å²) in [6, 6.07) is 1.37. The summed E-state index contributed by atoms with van der Waals surface area (Å²) in [5.74, 6) is 0. The van der Waals surface area contributed by atoms with Crippen molar-refractivity contribution >= 4 is 9.52 Å². The number of ether oxygens (including phenoxy) is 1. The van der Waals surface area contributed by atoms with Gasteiger partial charge in [-0.15, -0.1) is 0 Å².